The van der Waals surface area contributed by atoms with Crippen LogP contribution in [0.4, 0.5) is 0 Å². The highest BCUT2D eigenvalue weighted by molar-refractivity contribution is 7.91. The Morgan fingerprint density at radius 2 is 2.00 bits per heavy atom. The van der Waals surface area contributed by atoms with Crippen LogP contribution >= 0.6 is 23.2 Å². The summed E-state index contributed by atoms with van der Waals surface area (Å²) < 4.78 is 24.7. The molecule has 0 bridgehead atoms. The zero-order valence-electron chi connectivity index (χ0n) is 11.5. The van der Waals surface area contributed by atoms with E-state index in [0.717, 1.165) is 19.0 Å². The van der Waals surface area contributed by atoms with Crippen LogP contribution in [0.15, 0.2) is 23.1 Å². The smallest absolute Gasteiger partial charge is 0.181 e. The van der Waals surface area contributed by atoms with Crippen LogP contribution in [0.2, 0.25) is 10.0 Å². The molecule has 0 N–H and O–H groups in total. The van der Waals surface area contributed by atoms with Gasteiger partial charge in [-0.15, -0.1) is 0 Å². The van der Waals surface area contributed by atoms with Gasteiger partial charge >= 0.3 is 0 Å². The maximum Gasteiger partial charge on any atom is 0.181 e. The fraction of sp³-hybridized carbons (Fsp3) is 0.571. The van der Waals surface area contributed by atoms with Crippen LogP contribution in [0.1, 0.15) is 19.8 Å². The lowest BCUT2D eigenvalue weighted by Crippen LogP contribution is -2.31. The Labute approximate surface area is 130 Å². The monoisotopic (exact) mass is 335 g/mol. The third-order valence-corrected chi connectivity index (χ3v) is 5.97. The van der Waals surface area contributed by atoms with Gasteiger partial charge < -0.3 is 4.90 Å². The van der Waals surface area contributed by atoms with Gasteiger partial charge in [-0.25, -0.2) is 8.42 Å². The fourth-order valence-electron chi connectivity index (χ4n) is 2.12. The van der Waals surface area contributed by atoms with Crippen LogP contribution in [0.5, 0.6) is 0 Å². The molecule has 1 aromatic rings. The minimum absolute atomic E-state index is 0.0770. The van der Waals surface area contributed by atoms with Gasteiger partial charge in [-0.3, -0.25) is 0 Å². The predicted molar refractivity (Wildman–Crippen MR) is 83.4 cm³/mol. The molecule has 0 unspecified atom stereocenters. The highest BCUT2D eigenvalue weighted by atomic mass is 35.5. The molecule has 0 aliphatic heterocycles. The van der Waals surface area contributed by atoms with Crippen LogP contribution in [0.3, 0.4) is 0 Å². The lowest BCUT2D eigenvalue weighted by atomic mass is 10.3. The highest BCUT2D eigenvalue weighted by Crippen LogP contribution is 2.30. The van der Waals surface area contributed by atoms with Gasteiger partial charge in [0.15, 0.2) is 9.84 Å². The Kier molecular flexibility index (Phi) is 5.35. The third kappa shape index (κ3) is 4.35. The minimum atomic E-state index is -3.39. The van der Waals surface area contributed by atoms with Crippen molar-refractivity contribution in [3.05, 3.63) is 28.2 Å². The number of hydrogen-bond donors (Lipinski definition) is 0. The number of halogens is 2. The average Bonchev–Trinajstić information content (AvgIpc) is 3.21. The molecule has 2 rings (SSSR count). The number of nitrogens with zero attached hydrogens (tertiary/aromatic N) is 1. The molecule has 1 aromatic carbocycles. The Bertz CT molecular complexity index is 571. The number of sulfone groups is 1. The Morgan fingerprint density at radius 3 is 2.60 bits per heavy atom. The van der Waals surface area contributed by atoms with Crippen molar-refractivity contribution in [3.63, 3.8) is 0 Å². The summed E-state index contributed by atoms with van der Waals surface area (Å²) in [6, 6.07) is 4.54. The van der Waals surface area contributed by atoms with Crippen LogP contribution < -0.4 is 0 Å². The SMILES string of the molecule is CCN(CCS(=O)(=O)c1cc(Cl)ccc1Cl)CC1CC1. The second-order valence-electron chi connectivity index (χ2n) is 5.23. The Hall–Kier alpha value is -0.290. The molecule has 1 saturated carbocycles. The van der Waals surface area contributed by atoms with E-state index in [-0.39, 0.29) is 15.7 Å². The molecule has 0 aromatic heterocycles. The molecule has 3 nitrogen and oxygen atoms in total. The van der Waals surface area contributed by atoms with Crippen molar-refractivity contribution >= 4 is 33.0 Å². The summed E-state index contributed by atoms with van der Waals surface area (Å²) >= 11 is 11.8. The zero-order valence-corrected chi connectivity index (χ0v) is 13.8. The van der Waals surface area contributed by atoms with Gasteiger partial charge in [0.1, 0.15) is 0 Å². The Balaban J connectivity index is 2.04. The van der Waals surface area contributed by atoms with Crippen molar-refractivity contribution in [2.24, 2.45) is 5.92 Å². The molecular formula is C14H19Cl2NO2S. The van der Waals surface area contributed by atoms with Gasteiger partial charge in [0.05, 0.1) is 15.7 Å². The quantitative estimate of drug-likeness (QED) is 0.765. The predicted octanol–water partition coefficient (Wildman–Crippen LogP) is 3.50. The van der Waals surface area contributed by atoms with Gasteiger partial charge in [0, 0.05) is 18.1 Å². The normalized spacial score (nSPS) is 15.8. The van der Waals surface area contributed by atoms with E-state index < -0.39 is 9.84 Å². The van der Waals surface area contributed by atoms with E-state index >= 15 is 0 Å². The van der Waals surface area contributed by atoms with E-state index in [1.54, 1.807) is 6.07 Å². The maximum absolute atomic E-state index is 12.4. The molecule has 0 amide bonds. The molecule has 0 spiro atoms. The fourth-order valence-corrected chi connectivity index (χ4v) is 4.22. The van der Waals surface area contributed by atoms with E-state index in [2.05, 4.69) is 11.8 Å². The summed E-state index contributed by atoms with van der Waals surface area (Å²) in [6.45, 7) is 4.46. The van der Waals surface area contributed by atoms with Crippen LogP contribution in [-0.4, -0.2) is 38.7 Å². The first-order chi connectivity index (χ1) is 9.42. The molecule has 1 aliphatic rings. The van der Waals surface area contributed by atoms with Crippen molar-refractivity contribution in [1.29, 1.82) is 0 Å². The largest absolute Gasteiger partial charge is 0.302 e. The zero-order chi connectivity index (χ0) is 14.8. The summed E-state index contributed by atoms with van der Waals surface area (Å²) in [6.07, 6.45) is 2.53. The van der Waals surface area contributed by atoms with Gasteiger partial charge in [0.25, 0.3) is 0 Å². The lowest BCUT2D eigenvalue weighted by molar-refractivity contribution is 0.292. The first-order valence-electron chi connectivity index (χ1n) is 6.82. The lowest BCUT2D eigenvalue weighted by Gasteiger charge is -2.20. The van der Waals surface area contributed by atoms with E-state index in [0.29, 0.717) is 11.6 Å². The van der Waals surface area contributed by atoms with Gasteiger partial charge in [0.2, 0.25) is 0 Å². The molecule has 1 aliphatic carbocycles. The van der Waals surface area contributed by atoms with Crippen molar-refractivity contribution in [2.75, 3.05) is 25.4 Å². The van der Waals surface area contributed by atoms with E-state index in [4.69, 9.17) is 23.2 Å². The third-order valence-electron chi connectivity index (χ3n) is 3.57. The molecule has 0 atom stereocenters. The van der Waals surface area contributed by atoms with Gasteiger partial charge in [-0.2, -0.15) is 0 Å². The van der Waals surface area contributed by atoms with E-state index in [9.17, 15) is 8.42 Å². The molecule has 6 heteroatoms. The molecular weight excluding hydrogens is 317 g/mol. The molecule has 20 heavy (non-hydrogen) atoms. The first-order valence-corrected chi connectivity index (χ1v) is 9.23. The van der Waals surface area contributed by atoms with Crippen LogP contribution in [0.25, 0.3) is 0 Å². The molecule has 1 fully saturated rings. The van der Waals surface area contributed by atoms with Crippen LogP contribution in [-0.2, 0) is 9.84 Å². The van der Waals surface area contributed by atoms with Crippen molar-refractivity contribution in [1.82, 2.24) is 4.90 Å². The molecule has 0 saturated heterocycles. The summed E-state index contributed by atoms with van der Waals surface area (Å²) in [4.78, 5) is 2.32. The Morgan fingerprint density at radius 1 is 1.30 bits per heavy atom. The summed E-state index contributed by atoms with van der Waals surface area (Å²) in [5.41, 5.74) is 0. The maximum atomic E-state index is 12.4. The summed E-state index contributed by atoms with van der Waals surface area (Å²) in [5.74, 6) is 0.834. The van der Waals surface area contributed by atoms with E-state index in [1.165, 1.54) is 25.0 Å². The van der Waals surface area contributed by atoms with Crippen molar-refractivity contribution < 1.29 is 8.42 Å². The van der Waals surface area contributed by atoms with E-state index in [1.807, 2.05) is 0 Å². The second kappa shape index (κ2) is 6.65. The van der Waals surface area contributed by atoms with Crippen molar-refractivity contribution in [2.45, 2.75) is 24.7 Å². The number of rotatable bonds is 7. The van der Waals surface area contributed by atoms with Crippen LogP contribution in [0, 0.1) is 5.92 Å². The van der Waals surface area contributed by atoms with Crippen molar-refractivity contribution in [3.8, 4) is 0 Å². The first kappa shape index (κ1) is 16.1. The topological polar surface area (TPSA) is 37.4 Å². The number of benzene rings is 1. The standard InChI is InChI=1S/C14H19Cl2NO2S/c1-2-17(10-11-3-4-11)7-8-20(18,19)14-9-12(15)5-6-13(14)16/h5-6,9,11H,2-4,7-8,10H2,1H3. The molecule has 112 valence electrons. The minimum Gasteiger partial charge on any atom is -0.302 e. The van der Waals surface area contributed by atoms with Gasteiger partial charge in [-0.05, 0) is 43.5 Å². The molecule has 0 radical (unpaired) electrons. The summed E-state index contributed by atoms with van der Waals surface area (Å²) in [5, 5.41) is 0.623. The second-order valence-corrected chi connectivity index (χ2v) is 8.15. The van der Waals surface area contributed by atoms with Gasteiger partial charge in [-0.1, -0.05) is 30.1 Å². The molecule has 0 heterocycles. The summed E-state index contributed by atoms with van der Waals surface area (Å²) in [7, 11) is -3.39. The number of hydrogen-bond acceptors (Lipinski definition) is 3. The average molecular weight is 336 g/mol. The highest BCUT2D eigenvalue weighted by Gasteiger charge is 2.25.